The van der Waals surface area contributed by atoms with Crippen LogP contribution in [0.15, 0.2) is 0 Å². The normalized spacial score (nSPS) is 16.7. The van der Waals surface area contributed by atoms with Crippen LogP contribution < -0.4 is 0 Å². The lowest BCUT2D eigenvalue weighted by molar-refractivity contribution is 0.224. The van der Waals surface area contributed by atoms with E-state index in [1.165, 1.54) is 19.3 Å². The lowest BCUT2D eigenvalue weighted by Gasteiger charge is -2.22. The molecule has 0 bridgehead atoms. The van der Waals surface area contributed by atoms with E-state index in [4.69, 9.17) is 5.11 Å². The van der Waals surface area contributed by atoms with Crippen LogP contribution in [-0.2, 0) is 0 Å². The molecular weight excluding hydrogens is 172 g/mol. The predicted molar refractivity (Wildman–Crippen MR) is 63.3 cm³/mol. The first-order valence-corrected chi connectivity index (χ1v) is 5.97. The van der Waals surface area contributed by atoms with E-state index in [2.05, 4.69) is 34.6 Å². The third-order valence-corrected chi connectivity index (χ3v) is 3.14. The van der Waals surface area contributed by atoms with Crippen molar-refractivity contribution in [1.82, 2.24) is 0 Å². The topological polar surface area (TPSA) is 20.2 Å². The molecule has 0 aliphatic carbocycles. The first-order chi connectivity index (χ1) is 6.37. The molecule has 0 radical (unpaired) electrons. The van der Waals surface area contributed by atoms with E-state index < -0.39 is 0 Å². The molecule has 0 saturated carbocycles. The van der Waals surface area contributed by atoms with Gasteiger partial charge >= 0.3 is 0 Å². The number of hydrogen-bond acceptors (Lipinski definition) is 1. The summed E-state index contributed by atoms with van der Waals surface area (Å²) < 4.78 is 0. The molecule has 0 aromatic rings. The highest BCUT2D eigenvalue weighted by Gasteiger charge is 2.14. The largest absolute Gasteiger partial charge is 0.396 e. The fourth-order valence-electron chi connectivity index (χ4n) is 1.73. The van der Waals surface area contributed by atoms with Crippen molar-refractivity contribution in [2.75, 3.05) is 6.61 Å². The highest BCUT2D eigenvalue weighted by Crippen LogP contribution is 2.26. The van der Waals surface area contributed by atoms with E-state index in [1.807, 2.05) is 0 Å². The molecule has 1 nitrogen and oxygen atoms in total. The van der Waals surface area contributed by atoms with Gasteiger partial charge in [-0.15, -0.1) is 0 Å². The van der Waals surface area contributed by atoms with Crippen LogP contribution in [0.3, 0.4) is 0 Å². The van der Waals surface area contributed by atoms with Crippen molar-refractivity contribution < 1.29 is 5.11 Å². The molecule has 0 fully saturated rings. The van der Waals surface area contributed by atoms with Gasteiger partial charge in [-0.25, -0.2) is 0 Å². The van der Waals surface area contributed by atoms with Gasteiger partial charge in [0, 0.05) is 6.61 Å². The Morgan fingerprint density at radius 3 is 1.93 bits per heavy atom. The van der Waals surface area contributed by atoms with Crippen molar-refractivity contribution in [1.29, 1.82) is 0 Å². The lowest BCUT2D eigenvalue weighted by atomic mass is 9.84. The summed E-state index contributed by atoms with van der Waals surface area (Å²) in [5.41, 5.74) is 0.472. The highest BCUT2D eigenvalue weighted by molar-refractivity contribution is 4.66. The number of aliphatic hydroxyl groups is 1. The van der Waals surface area contributed by atoms with Crippen LogP contribution in [0.25, 0.3) is 0 Å². The Morgan fingerprint density at radius 2 is 1.50 bits per heavy atom. The summed E-state index contributed by atoms with van der Waals surface area (Å²) in [5, 5.41) is 8.84. The molecule has 0 amide bonds. The van der Waals surface area contributed by atoms with Crippen LogP contribution in [0, 0.1) is 17.3 Å². The van der Waals surface area contributed by atoms with Gasteiger partial charge in [-0.05, 0) is 30.1 Å². The first-order valence-electron chi connectivity index (χ1n) is 5.97. The molecular formula is C13H28O. The van der Waals surface area contributed by atoms with Gasteiger partial charge in [-0.2, -0.15) is 0 Å². The van der Waals surface area contributed by atoms with Gasteiger partial charge in [0.1, 0.15) is 0 Å². The summed E-state index contributed by atoms with van der Waals surface area (Å²) in [4.78, 5) is 0. The summed E-state index contributed by atoms with van der Waals surface area (Å²) in [6, 6.07) is 0. The van der Waals surface area contributed by atoms with Crippen LogP contribution in [0.5, 0.6) is 0 Å². The van der Waals surface area contributed by atoms with Crippen LogP contribution >= 0.6 is 0 Å². The molecule has 0 saturated heterocycles. The average Bonchev–Trinajstić information content (AvgIpc) is 2.02. The van der Waals surface area contributed by atoms with Crippen LogP contribution in [0.2, 0.25) is 0 Å². The van der Waals surface area contributed by atoms with Gasteiger partial charge in [0.25, 0.3) is 0 Å². The fourth-order valence-corrected chi connectivity index (χ4v) is 1.73. The highest BCUT2D eigenvalue weighted by atomic mass is 16.3. The van der Waals surface area contributed by atoms with Gasteiger partial charge in [0.2, 0.25) is 0 Å². The Kier molecular flexibility index (Phi) is 6.43. The van der Waals surface area contributed by atoms with Crippen molar-refractivity contribution in [2.45, 2.75) is 60.3 Å². The molecule has 0 aliphatic heterocycles. The minimum Gasteiger partial charge on any atom is -0.396 e. The van der Waals surface area contributed by atoms with Crippen molar-refractivity contribution in [3.63, 3.8) is 0 Å². The van der Waals surface area contributed by atoms with Crippen molar-refractivity contribution >= 4 is 0 Å². The molecule has 1 heteroatoms. The molecule has 0 aromatic carbocycles. The van der Waals surface area contributed by atoms with Gasteiger partial charge in [0.05, 0.1) is 0 Å². The quantitative estimate of drug-likeness (QED) is 0.690. The Labute approximate surface area is 89.9 Å². The first kappa shape index (κ1) is 14.0. The zero-order chi connectivity index (χ0) is 11.2. The van der Waals surface area contributed by atoms with E-state index in [0.29, 0.717) is 17.9 Å². The Balaban J connectivity index is 3.58. The summed E-state index contributed by atoms with van der Waals surface area (Å²) >= 11 is 0. The molecule has 0 rings (SSSR count). The maximum atomic E-state index is 8.84. The van der Waals surface area contributed by atoms with Crippen LogP contribution in [0.4, 0.5) is 0 Å². The second-order valence-corrected chi connectivity index (χ2v) is 5.92. The molecule has 0 aliphatic rings. The Morgan fingerprint density at radius 1 is 1.00 bits per heavy atom. The zero-order valence-electron chi connectivity index (χ0n) is 10.6. The van der Waals surface area contributed by atoms with Gasteiger partial charge in [-0.1, -0.05) is 47.5 Å². The minimum atomic E-state index is 0.338. The van der Waals surface area contributed by atoms with E-state index in [1.54, 1.807) is 0 Å². The monoisotopic (exact) mass is 200 g/mol. The molecule has 14 heavy (non-hydrogen) atoms. The molecule has 0 aromatic heterocycles. The number of aliphatic hydroxyl groups excluding tert-OH is 1. The predicted octanol–water partition coefficient (Wildman–Crippen LogP) is 3.86. The smallest absolute Gasteiger partial charge is 0.0433 e. The standard InChI is InChI=1S/C13H28O/c1-11(12(2)8-10-14)7-6-9-13(3,4)5/h11-12,14H,6-10H2,1-5H3. The molecule has 2 unspecified atom stereocenters. The summed E-state index contributed by atoms with van der Waals surface area (Å²) in [6.45, 7) is 11.8. The Hall–Kier alpha value is -0.0400. The van der Waals surface area contributed by atoms with E-state index in [0.717, 1.165) is 12.3 Å². The Bertz CT molecular complexity index is 135. The summed E-state index contributed by atoms with van der Waals surface area (Å²) in [6.07, 6.45) is 4.89. The molecule has 0 heterocycles. The lowest BCUT2D eigenvalue weighted by Crippen LogP contribution is -2.11. The zero-order valence-corrected chi connectivity index (χ0v) is 10.6. The van der Waals surface area contributed by atoms with Gasteiger partial charge in [0.15, 0.2) is 0 Å². The van der Waals surface area contributed by atoms with Gasteiger partial charge in [-0.3, -0.25) is 0 Å². The third kappa shape index (κ3) is 7.37. The second kappa shape index (κ2) is 6.44. The van der Waals surface area contributed by atoms with Crippen molar-refractivity contribution in [2.24, 2.45) is 17.3 Å². The molecule has 0 spiro atoms. The van der Waals surface area contributed by atoms with Crippen LogP contribution in [-0.4, -0.2) is 11.7 Å². The van der Waals surface area contributed by atoms with Crippen LogP contribution in [0.1, 0.15) is 60.3 Å². The number of hydrogen-bond donors (Lipinski definition) is 1. The average molecular weight is 200 g/mol. The summed E-state index contributed by atoms with van der Waals surface area (Å²) in [5.74, 6) is 1.42. The molecule has 2 atom stereocenters. The van der Waals surface area contributed by atoms with Crippen molar-refractivity contribution in [3.05, 3.63) is 0 Å². The minimum absolute atomic E-state index is 0.338. The SMILES string of the molecule is CC(CCO)C(C)CCCC(C)(C)C. The third-order valence-electron chi connectivity index (χ3n) is 3.14. The molecule has 1 N–H and O–H groups in total. The molecule has 86 valence electrons. The maximum absolute atomic E-state index is 8.84. The van der Waals surface area contributed by atoms with E-state index in [9.17, 15) is 0 Å². The second-order valence-electron chi connectivity index (χ2n) is 5.92. The van der Waals surface area contributed by atoms with Crippen molar-refractivity contribution in [3.8, 4) is 0 Å². The van der Waals surface area contributed by atoms with E-state index in [-0.39, 0.29) is 0 Å². The van der Waals surface area contributed by atoms with Gasteiger partial charge < -0.3 is 5.11 Å². The summed E-state index contributed by atoms with van der Waals surface area (Å²) in [7, 11) is 0. The fraction of sp³-hybridized carbons (Fsp3) is 1.00. The van der Waals surface area contributed by atoms with E-state index >= 15 is 0 Å². The number of rotatable bonds is 6. The maximum Gasteiger partial charge on any atom is 0.0433 e.